The lowest BCUT2D eigenvalue weighted by atomic mass is 10.1. The molecule has 1 aliphatic heterocycles. The number of nitrogens with zero attached hydrogens (tertiary/aromatic N) is 2. The Morgan fingerprint density at radius 1 is 1.04 bits per heavy atom. The average Bonchev–Trinajstić information content (AvgIpc) is 3.18. The van der Waals surface area contributed by atoms with Gasteiger partial charge in [-0.25, -0.2) is 0 Å². The highest BCUT2D eigenvalue weighted by atomic mass is 32.1. The predicted octanol–water partition coefficient (Wildman–Crippen LogP) is 2.45. The number of hydrogen-bond acceptors (Lipinski definition) is 4. The molecule has 5 nitrogen and oxygen atoms in total. The van der Waals surface area contributed by atoms with Gasteiger partial charge >= 0.3 is 0 Å². The number of ether oxygens (including phenoxy) is 1. The maximum atomic E-state index is 5.40. The third kappa shape index (κ3) is 5.85. The van der Waals surface area contributed by atoms with Crippen LogP contribution in [0, 0.1) is 0 Å². The summed E-state index contributed by atoms with van der Waals surface area (Å²) in [6.07, 6.45) is 0. The number of nitrogens with one attached hydrogen (secondary N) is 2. The molecule has 25 heavy (non-hydrogen) atoms. The zero-order valence-corrected chi connectivity index (χ0v) is 15.5. The van der Waals surface area contributed by atoms with E-state index in [2.05, 4.69) is 61.6 Å². The van der Waals surface area contributed by atoms with Crippen LogP contribution in [0.5, 0.6) is 0 Å². The molecule has 0 amide bonds. The van der Waals surface area contributed by atoms with E-state index >= 15 is 0 Å². The molecular formula is C19H26N4OS. The van der Waals surface area contributed by atoms with Crippen LogP contribution in [0.25, 0.3) is 0 Å². The van der Waals surface area contributed by atoms with Gasteiger partial charge in [-0.2, -0.15) is 11.3 Å². The Morgan fingerprint density at radius 3 is 2.36 bits per heavy atom. The molecule has 0 unspecified atom stereocenters. The summed E-state index contributed by atoms with van der Waals surface area (Å²) in [5, 5.41) is 10.9. The highest BCUT2D eigenvalue weighted by Gasteiger charge is 2.10. The SMILES string of the molecule is CN=C(NCc1ccc(CN2CCOCC2)cc1)NCc1ccsc1. The zero-order valence-electron chi connectivity index (χ0n) is 14.7. The van der Waals surface area contributed by atoms with E-state index in [0.29, 0.717) is 0 Å². The molecule has 0 spiro atoms. The fourth-order valence-electron chi connectivity index (χ4n) is 2.77. The molecule has 0 saturated carbocycles. The van der Waals surface area contributed by atoms with Gasteiger partial charge in [0.15, 0.2) is 5.96 Å². The lowest BCUT2D eigenvalue weighted by Gasteiger charge is -2.26. The third-order valence-electron chi connectivity index (χ3n) is 4.26. The highest BCUT2D eigenvalue weighted by Crippen LogP contribution is 2.09. The maximum Gasteiger partial charge on any atom is 0.191 e. The molecule has 0 aliphatic carbocycles. The first kappa shape index (κ1) is 17.9. The number of thiophene rings is 1. The highest BCUT2D eigenvalue weighted by molar-refractivity contribution is 7.07. The van der Waals surface area contributed by atoms with E-state index in [0.717, 1.165) is 51.9 Å². The largest absolute Gasteiger partial charge is 0.379 e. The number of rotatable bonds is 6. The normalized spacial score (nSPS) is 16.0. The van der Waals surface area contributed by atoms with Gasteiger partial charge in [0.05, 0.1) is 13.2 Å². The van der Waals surface area contributed by atoms with E-state index in [4.69, 9.17) is 4.74 Å². The minimum Gasteiger partial charge on any atom is -0.379 e. The van der Waals surface area contributed by atoms with Crippen LogP contribution in [0.4, 0.5) is 0 Å². The fraction of sp³-hybridized carbons (Fsp3) is 0.421. The molecule has 0 bridgehead atoms. The van der Waals surface area contributed by atoms with E-state index < -0.39 is 0 Å². The van der Waals surface area contributed by atoms with Gasteiger partial charge in [-0.15, -0.1) is 0 Å². The van der Waals surface area contributed by atoms with Crippen LogP contribution in [0.15, 0.2) is 46.1 Å². The Kier molecular flexibility index (Phi) is 6.85. The molecule has 3 rings (SSSR count). The zero-order chi connectivity index (χ0) is 17.3. The van der Waals surface area contributed by atoms with Crippen molar-refractivity contribution in [2.45, 2.75) is 19.6 Å². The summed E-state index contributed by atoms with van der Waals surface area (Å²) in [6, 6.07) is 10.9. The summed E-state index contributed by atoms with van der Waals surface area (Å²) >= 11 is 1.71. The molecule has 0 radical (unpaired) electrons. The summed E-state index contributed by atoms with van der Waals surface area (Å²) in [5.74, 6) is 0.823. The van der Waals surface area contributed by atoms with Crippen molar-refractivity contribution >= 4 is 17.3 Å². The van der Waals surface area contributed by atoms with Crippen LogP contribution < -0.4 is 10.6 Å². The number of guanidine groups is 1. The molecule has 134 valence electrons. The molecule has 1 aliphatic rings. The van der Waals surface area contributed by atoms with Crippen LogP contribution >= 0.6 is 11.3 Å². The predicted molar refractivity (Wildman–Crippen MR) is 104 cm³/mol. The van der Waals surface area contributed by atoms with Gasteiger partial charge in [0.1, 0.15) is 0 Å². The fourth-order valence-corrected chi connectivity index (χ4v) is 3.43. The van der Waals surface area contributed by atoms with Crippen LogP contribution in [-0.2, 0) is 24.4 Å². The van der Waals surface area contributed by atoms with Crippen molar-refractivity contribution < 1.29 is 4.74 Å². The summed E-state index contributed by atoms with van der Waals surface area (Å²) in [5.41, 5.74) is 3.88. The van der Waals surface area contributed by atoms with E-state index in [-0.39, 0.29) is 0 Å². The maximum absolute atomic E-state index is 5.40. The minimum atomic E-state index is 0.765. The van der Waals surface area contributed by atoms with Gasteiger partial charge in [0.2, 0.25) is 0 Å². The Hall–Kier alpha value is -1.89. The molecule has 2 N–H and O–H groups in total. The van der Waals surface area contributed by atoms with E-state index in [1.54, 1.807) is 18.4 Å². The molecule has 0 atom stereocenters. The summed E-state index contributed by atoms with van der Waals surface area (Å²) < 4.78 is 5.40. The Morgan fingerprint density at radius 2 is 1.72 bits per heavy atom. The summed E-state index contributed by atoms with van der Waals surface area (Å²) in [6.45, 7) is 6.30. The van der Waals surface area contributed by atoms with Crippen LogP contribution in [-0.4, -0.2) is 44.2 Å². The quantitative estimate of drug-likeness (QED) is 0.615. The smallest absolute Gasteiger partial charge is 0.191 e. The van der Waals surface area contributed by atoms with E-state index in [9.17, 15) is 0 Å². The lowest BCUT2D eigenvalue weighted by Crippen LogP contribution is -2.36. The topological polar surface area (TPSA) is 48.9 Å². The molecule has 2 aromatic rings. The van der Waals surface area contributed by atoms with E-state index in [1.807, 2.05) is 0 Å². The molecule has 1 aromatic carbocycles. The first-order chi connectivity index (χ1) is 12.3. The monoisotopic (exact) mass is 358 g/mol. The third-order valence-corrected chi connectivity index (χ3v) is 4.99. The van der Waals surface area contributed by atoms with Crippen molar-refractivity contribution in [1.82, 2.24) is 15.5 Å². The number of hydrogen-bond donors (Lipinski definition) is 2. The van der Waals surface area contributed by atoms with Crippen molar-refractivity contribution in [3.63, 3.8) is 0 Å². The number of benzene rings is 1. The van der Waals surface area contributed by atoms with Gasteiger partial charge in [-0.1, -0.05) is 24.3 Å². The summed E-state index contributed by atoms with van der Waals surface area (Å²) in [4.78, 5) is 6.71. The van der Waals surface area contributed by atoms with Crippen LogP contribution in [0.1, 0.15) is 16.7 Å². The standard InChI is InChI=1S/C19H26N4OS/c1-20-19(22-13-18-6-11-25-15-18)21-12-16-2-4-17(5-3-16)14-23-7-9-24-10-8-23/h2-6,11,15H,7-10,12-14H2,1H3,(H2,20,21,22). The molecule has 1 aromatic heterocycles. The molecule has 1 saturated heterocycles. The molecule has 2 heterocycles. The molecule has 1 fully saturated rings. The molecular weight excluding hydrogens is 332 g/mol. The number of morpholine rings is 1. The molecule has 6 heteroatoms. The Labute approximate surface area is 153 Å². The second-order valence-electron chi connectivity index (χ2n) is 6.12. The van der Waals surface area contributed by atoms with Gasteiger partial charge < -0.3 is 15.4 Å². The van der Waals surface area contributed by atoms with Crippen LogP contribution in [0.2, 0.25) is 0 Å². The van der Waals surface area contributed by atoms with Gasteiger partial charge in [-0.05, 0) is 33.5 Å². The second kappa shape index (κ2) is 9.56. The number of aliphatic imine (C=N–C) groups is 1. The van der Waals surface area contributed by atoms with Gasteiger partial charge in [0, 0.05) is 39.8 Å². The van der Waals surface area contributed by atoms with Crippen molar-refractivity contribution in [2.75, 3.05) is 33.4 Å². The minimum absolute atomic E-state index is 0.765. The summed E-state index contributed by atoms with van der Waals surface area (Å²) in [7, 11) is 1.80. The van der Waals surface area contributed by atoms with Crippen molar-refractivity contribution in [3.05, 3.63) is 57.8 Å². The van der Waals surface area contributed by atoms with Crippen molar-refractivity contribution in [3.8, 4) is 0 Å². The van der Waals surface area contributed by atoms with Crippen molar-refractivity contribution in [1.29, 1.82) is 0 Å². The van der Waals surface area contributed by atoms with Gasteiger partial charge in [0.25, 0.3) is 0 Å². The Bertz CT molecular complexity index is 649. The average molecular weight is 359 g/mol. The van der Waals surface area contributed by atoms with Gasteiger partial charge in [-0.3, -0.25) is 9.89 Å². The van der Waals surface area contributed by atoms with Crippen LogP contribution in [0.3, 0.4) is 0 Å². The Balaban J connectivity index is 1.44. The van der Waals surface area contributed by atoms with E-state index in [1.165, 1.54) is 16.7 Å². The second-order valence-corrected chi connectivity index (χ2v) is 6.90. The van der Waals surface area contributed by atoms with Crippen molar-refractivity contribution in [2.24, 2.45) is 4.99 Å². The first-order valence-corrected chi connectivity index (χ1v) is 9.61. The lowest BCUT2D eigenvalue weighted by molar-refractivity contribution is 0.0342. The first-order valence-electron chi connectivity index (χ1n) is 8.67.